The SMILES string of the molecule is CCCCCCCCCCCc1ccn[nH]1. The highest BCUT2D eigenvalue weighted by Gasteiger charge is 1.94. The fraction of sp³-hybridized carbons (Fsp3) is 0.786. The molecule has 0 spiro atoms. The van der Waals surface area contributed by atoms with Gasteiger partial charge >= 0.3 is 0 Å². The molecule has 0 amide bonds. The van der Waals surface area contributed by atoms with Crippen LogP contribution in [0.4, 0.5) is 0 Å². The molecule has 0 unspecified atom stereocenters. The van der Waals surface area contributed by atoms with Gasteiger partial charge in [-0.25, -0.2) is 0 Å². The molecule has 0 bridgehead atoms. The number of nitrogens with one attached hydrogen (secondary N) is 1. The average molecular weight is 222 g/mol. The van der Waals surface area contributed by atoms with Crippen LogP contribution >= 0.6 is 0 Å². The highest BCUT2D eigenvalue weighted by molar-refractivity contribution is 4.96. The lowest BCUT2D eigenvalue weighted by Gasteiger charge is -2.01. The molecule has 1 aromatic heterocycles. The van der Waals surface area contributed by atoms with Gasteiger partial charge in [-0.1, -0.05) is 58.3 Å². The Morgan fingerprint density at radius 2 is 1.56 bits per heavy atom. The Morgan fingerprint density at radius 1 is 0.938 bits per heavy atom. The second-order valence-corrected chi connectivity index (χ2v) is 4.66. The van der Waals surface area contributed by atoms with Crippen LogP contribution in [-0.2, 0) is 6.42 Å². The molecule has 1 aromatic rings. The van der Waals surface area contributed by atoms with Crippen molar-refractivity contribution in [3.05, 3.63) is 18.0 Å². The van der Waals surface area contributed by atoms with Crippen molar-refractivity contribution in [1.82, 2.24) is 10.2 Å². The lowest BCUT2D eigenvalue weighted by Crippen LogP contribution is -1.86. The standard InChI is InChI=1S/C14H26N2/c1-2-3-4-5-6-7-8-9-10-11-14-12-13-15-16-14/h12-13H,2-11H2,1H3,(H,15,16). The van der Waals surface area contributed by atoms with Gasteiger partial charge in [0.1, 0.15) is 0 Å². The predicted octanol–water partition coefficient (Wildman–Crippen LogP) is 4.48. The zero-order chi connectivity index (χ0) is 11.5. The van der Waals surface area contributed by atoms with E-state index in [1.807, 2.05) is 6.20 Å². The Kier molecular flexibility index (Phi) is 7.83. The first-order valence-corrected chi connectivity index (χ1v) is 6.91. The van der Waals surface area contributed by atoms with Crippen molar-refractivity contribution < 1.29 is 0 Å². The van der Waals surface area contributed by atoms with Crippen LogP contribution in [0.15, 0.2) is 12.3 Å². The Bertz CT molecular complexity index is 229. The highest BCUT2D eigenvalue weighted by Crippen LogP contribution is 2.10. The Labute approximate surface area is 99.8 Å². The number of aromatic amines is 1. The van der Waals surface area contributed by atoms with Gasteiger partial charge in [-0.05, 0) is 18.9 Å². The van der Waals surface area contributed by atoms with E-state index in [1.165, 1.54) is 63.5 Å². The molecule has 0 saturated heterocycles. The van der Waals surface area contributed by atoms with Gasteiger partial charge in [-0.3, -0.25) is 5.10 Å². The minimum Gasteiger partial charge on any atom is -0.283 e. The van der Waals surface area contributed by atoms with E-state index >= 15 is 0 Å². The molecule has 2 heteroatoms. The molecule has 1 rings (SSSR count). The van der Waals surface area contributed by atoms with E-state index in [4.69, 9.17) is 0 Å². The second-order valence-electron chi connectivity index (χ2n) is 4.66. The number of nitrogens with zero attached hydrogens (tertiary/aromatic N) is 1. The van der Waals surface area contributed by atoms with Crippen LogP contribution in [0.25, 0.3) is 0 Å². The van der Waals surface area contributed by atoms with Crippen LogP contribution in [0.2, 0.25) is 0 Å². The van der Waals surface area contributed by atoms with Crippen molar-refractivity contribution in [2.45, 2.75) is 71.1 Å². The van der Waals surface area contributed by atoms with Crippen molar-refractivity contribution >= 4 is 0 Å². The Hall–Kier alpha value is -0.790. The maximum Gasteiger partial charge on any atom is 0.0490 e. The summed E-state index contributed by atoms with van der Waals surface area (Å²) in [6.45, 7) is 2.27. The zero-order valence-electron chi connectivity index (χ0n) is 10.7. The van der Waals surface area contributed by atoms with E-state index in [2.05, 4.69) is 23.2 Å². The van der Waals surface area contributed by atoms with E-state index in [0.29, 0.717) is 0 Å². The van der Waals surface area contributed by atoms with Gasteiger partial charge in [0.05, 0.1) is 0 Å². The molecule has 0 aliphatic carbocycles. The van der Waals surface area contributed by atoms with E-state index in [-0.39, 0.29) is 0 Å². The highest BCUT2D eigenvalue weighted by atomic mass is 15.1. The molecule has 0 radical (unpaired) electrons. The quantitative estimate of drug-likeness (QED) is 0.581. The maximum atomic E-state index is 3.95. The molecule has 92 valence electrons. The maximum absolute atomic E-state index is 3.95. The van der Waals surface area contributed by atoms with Gasteiger partial charge in [0.15, 0.2) is 0 Å². The van der Waals surface area contributed by atoms with Crippen molar-refractivity contribution in [2.24, 2.45) is 0 Å². The molecule has 1 heterocycles. The summed E-state index contributed by atoms with van der Waals surface area (Å²) in [5.41, 5.74) is 1.28. The fourth-order valence-corrected chi connectivity index (χ4v) is 2.05. The monoisotopic (exact) mass is 222 g/mol. The number of hydrogen-bond acceptors (Lipinski definition) is 1. The summed E-state index contributed by atoms with van der Waals surface area (Å²) < 4.78 is 0. The molecular weight excluding hydrogens is 196 g/mol. The number of rotatable bonds is 10. The minimum absolute atomic E-state index is 1.16. The summed E-state index contributed by atoms with van der Waals surface area (Å²) in [5.74, 6) is 0. The number of H-pyrrole nitrogens is 1. The lowest BCUT2D eigenvalue weighted by atomic mass is 10.1. The van der Waals surface area contributed by atoms with Crippen LogP contribution < -0.4 is 0 Å². The van der Waals surface area contributed by atoms with E-state index in [1.54, 1.807) is 0 Å². The van der Waals surface area contributed by atoms with Crippen molar-refractivity contribution in [2.75, 3.05) is 0 Å². The summed E-state index contributed by atoms with van der Waals surface area (Å²) >= 11 is 0. The topological polar surface area (TPSA) is 28.7 Å². The van der Waals surface area contributed by atoms with E-state index < -0.39 is 0 Å². The average Bonchev–Trinajstić information content (AvgIpc) is 2.80. The predicted molar refractivity (Wildman–Crippen MR) is 69.5 cm³/mol. The third-order valence-corrected chi connectivity index (χ3v) is 3.11. The number of unbranched alkanes of at least 4 members (excludes halogenated alkanes) is 8. The first kappa shape index (κ1) is 13.3. The smallest absolute Gasteiger partial charge is 0.0490 e. The van der Waals surface area contributed by atoms with Gasteiger partial charge in [-0.15, -0.1) is 0 Å². The van der Waals surface area contributed by atoms with Gasteiger partial charge < -0.3 is 0 Å². The molecule has 1 N–H and O–H groups in total. The zero-order valence-corrected chi connectivity index (χ0v) is 10.7. The first-order valence-electron chi connectivity index (χ1n) is 6.91. The molecule has 0 aromatic carbocycles. The number of aryl methyl sites for hydroxylation is 1. The lowest BCUT2D eigenvalue weighted by molar-refractivity contribution is 0.563. The summed E-state index contributed by atoms with van der Waals surface area (Å²) in [7, 11) is 0. The van der Waals surface area contributed by atoms with E-state index in [0.717, 1.165) is 6.42 Å². The molecule has 0 aliphatic heterocycles. The molecule has 16 heavy (non-hydrogen) atoms. The normalized spacial score (nSPS) is 10.8. The van der Waals surface area contributed by atoms with Crippen LogP contribution in [0, 0.1) is 0 Å². The number of aromatic nitrogens is 2. The van der Waals surface area contributed by atoms with Crippen LogP contribution in [0.3, 0.4) is 0 Å². The summed E-state index contributed by atoms with van der Waals surface area (Å²) in [5, 5.41) is 6.97. The third kappa shape index (κ3) is 6.65. The second kappa shape index (κ2) is 9.44. The van der Waals surface area contributed by atoms with Crippen molar-refractivity contribution in [3.8, 4) is 0 Å². The summed E-state index contributed by atoms with van der Waals surface area (Å²) in [6.07, 6.45) is 15.6. The van der Waals surface area contributed by atoms with Gasteiger partial charge in [0.25, 0.3) is 0 Å². The summed E-state index contributed by atoms with van der Waals surface area (Å²) in [4.78, 5) is 0. The van der Waals surface area contributed by atoms with Crippen LogP contribution in [0.5, 0.6) is 0 Å². The largest absolute Gasteiger partial charge is 0.283 e. The molecule has 0 fully saturated rings. The molecule has 0 aliphatic rings. The molecule has 2 nitrogen and oxygen atoms in total. The number of hydrogen-bond donors (Lipinski definition) is 1. The van der Waals surface area contributed by atoms with Crippen molar-refractivity contribution in [3.63, 3.8) is 0 Å². The summed E-state index contributed by atoms with van der Waals surface area (Å²) in [6, 6.07) is 2.07. The van der Waals surface area contributed by atoms with Gasteiger partial charge in [0.2, 0.25) is 0 Å². The van der Waals surface area contributed by atoms with Gasteiger partial charge in [0, 0.05) is 11.9 Å². The minimum atomic E-state index is 1.16. The molecule has 0 saturated carbocycles. The first-order chi connectivity index (χ1) is 7.93. The van der Waals surface area contributed by atoms with Crippen LogP contribution in [-0.4, -0.2) is 10.2 Å². The third-order valence-electron chi connectivity index (χ3n) is 3.11. The van der Waals surface area contributed by atoms with Crippen LogP contribution in [0.1, 0.15) is 70.4 Å². The Morgan fingerprint density at radius 3 is 2.12 bits per heavy atom. The van der Waals surface area contributed by atoms with Crippen molar-refractivity contribution in [1.29, 1.82) is 0 Å². The fourth-order valence-electron chi connectivity index (χ4n) is 2.05. The molecular formula is C14H26N2. The Balaban J connectivity index is 1.78. The van der Waals surface area contributed by atoms with E-state index in [9.17, 15) is 0 Å². The molecule has 0 atom stereocenters. The van der Waals surface area contributed by atoms with Gasteiger partial charge in [-0.2, -0.15) is 5.10 Å².